The van der Waals surface area contributed by atoms with Crippen molar-refractivity contribution in [2.24, 2.45) is 0 Å². The minimum Gasteiger partial charge on any atom is -0.370 e. The van der Waals surface area contributed by atoms with Crippen LogP contribution in [0.5, 0.6) is 0 Å². The summed E-state index contributed by atoms with van der Waals surface area (Å²) in [4.78, 5) is 13.5. The number of carbonyl (C=O) groups is 1. The minimum atomic E-state index is -0.759. The molecular formula is C11H11N3O2. The lowest BCUT2D eigenvalue weighted by Gasteiger charge is -2.27. The lowest BCUT2D eigenvalue weighted by atomic mass is 10.1. The van der Waals surface area contributed by atoms with Gasteiger partial charge in [-0.1, -0.05) is 18.2 Å². The van der Waals surface area contributed by atoms with E-state index in [2.05, 4.69) is 5.10 Å². The van der Waals surface area contributed by atoms with E-state index in [0.717, 1.165) is 10.9 Å². The monoisotopic (exact) mass is 217 g/mol. The third-order valence-electron chi connectivity index (χ3n) is 2.87. The van der Waals surface area contributed by atoms with E-state index in [4.69, 9.17) is 0 Å². The molecule has 1 unspecified atom stereocenters. The zero-order chi connectivity index (χ0) is 11.3. The summed E-state index contributed by atoms with van der Waals surface area (Å²) in [5.74, 6) is -0.0981. The maximum atomic E-state index is 12.0. The van der Waals surface area contributed by atoms with Crippen molar-refractivity contribution in [2.45, 2.75) is 6.23 Å². The fourth-order valence-electron chi connectivity index (χ4n) is 2.07. The Bertz CT molecular complexity index is 576. The summed E-state index contributed by atoms with van der Waals surface area (Å²) in [7, 11) is 1.68. The second-order valence-electron chi connectivity index (χ2n) is 3.98. The molecule has 82 valence electrons. The molecule has 2 heterocycles. The fourth-order valence-corrected chi connectivity index (χ4v) is 2.07. The highest BCUT2D eigenvalue weighted by Crippen LogP contribution is 2.25. The number of likely N-dealkylation sites (N-methyl/N-ethyl adjacent to an activating group) is 1. The highest BCUT2D eigenvalue weighted by Gasteiger charge is 2.30. The van der Waals surface area contributed by atoms with Crippen molar-refractivity contribution in [3.8, 4) is 0 Å². The molecule has 1 aliphatic rings. The third kappa shape index (κ3) is 1.09. The molecule has 0 fully saturated rings. The van der Waals surface area contributed by atoms with Gasteiger partial charge in [-0.25, -0.2) is 4.68 Å². The van der Waals surface area contributed by atoms with E-state index < -0.39 is 6.23 Å². The van der Waals surface area contributed by atoms with Crippen LogP contribution in [0.2, 0.25) is 0 Å². The Morgan fingerprint density at radius 1 is 1.44 bits per heavy atom. The summed E-state index contributed by atoms with van der Waals surface area (Å²) in [6, 6.07) is 7.40. The average molecular weight is 217 g/mol. The third-order valence-corrected chi connectivity index (χ3v) is 2.87. The summed E-state index contributed by atoms with van der Waals surface area (Å²) in [5, 5.41) is 14.9. The number of nitrogens with zero attached hydrogens (tertiary/aromatic N) is 3. The topological polar surface area (TPSA) is 58.4 Å². The molecule has 5 nitrogen and oxygen atoms in total. The smallest absolute Gasteiger partial charge is 0.272 e. The van der Waals surface area contributed by atoms with Gasteiger partial charge in [-0.3, -0.25) is 4.79 Å². The Kier molecular flexibility index (Phi) is 1.79. The Morgan fingerprint density at radius 3 is 3.00 bits per heavy atom. The van der Waals surface area contributed by atoms with Gasteiger partial charge in [0.1, 0.15) is 5.69 Å². The molecule has 2 aromatic rings. The van der Waals surface area contributed by atoms with Crippen LogP contribution in [-0.2, 0) is 0 Å². The second kappa shape index (κ2) is 3.05. The number of β-amino-alcohol motifs (C(OH)–C–C–N with tert-alkyl or cyclic N) is 1. The predicted molar refractivity (Wildman–Crippen MR) is 57.9 cm³/mol. The Morgan fingerprint density at radius 2 is 2.19 bits per heavy atom. The number of fused-ring (bicyclic) bond motifs is 3. The molecule has 0 bridgehead atoms. The number of amides is 1. The highest BCUT2D eigenvalue weighted by atomic mass is 16.3. The molecular weight excluding hydrogens is 206 g/mol. The Hall–Kier alpha value is -1.88. The lowest BCUT2D eigenvalue weighted by Crippen LogP contribution is -2.40. The molecule has 1 atom stereocenters. The summed E-state index contributed by atoms with van der Waals surface area (Å²) in [5.41, 5.74) is 1.21. The van der Waals surface area contributed by atoms with Gasteiger partial charge < -0.3 is 10.0 Å². The van der Waals surface area contributed by atoms with Gasteiger partial charge in [0.2, 0.25) is 0 Å². The van der Waals surface area contributed by atoms with Gasteiger partial charge in [0.25, 0.3) is 5.91 Å². The van der Waals surface area contributed by atoms with Gasteiger partial charge in [-0.2, -0.15) is 5.10 Å². The van der Waals surface area contributed by atoms with Crippen LogP contribution in [0, 0.1) is 0 Å². The molecule has 1 aromatic carbocycles. The van der Waals surface area contributed by atoms with Crippen molar-refractivity contribution in [3.05, 3.63) is 30.0 Å². The normalized spacial score (nSPS) is 20.2. The number of rotatable bonds is 0. The molecule has 0 saturated heterocycles. The Balaban J connectivity index is 2.35. The van der Waals surface area contributed by atoms with Crippen molar-refractivity contribution in [1.82, 2.24) is 14.7 Å². The summed E-state index contributed by atoms with van der Waals surface area (Å²) in [6.45, 7) is 0.278. The first kappa shape index (κ1) is 9.35. The first-order valence-corrected chi connectivity index (χ1v) is 5.09. The molecule has 1 aromatic heterocycles. The van der Waals surface area contributed by atoms with E-state index in [1.165, 1.54) is 9.58 Å². The van der Waals surface area contributed by atoms with Gasteiger partial charge in [0.05, 0.1) is 12.1 Å². The maximum Gasteiger partial charge on any atom is 0.272 e. The number of carbonyl (C=O) groups excluding carboxylic acids is 1. The van der Waals surface area contributed by atoms with E-state index in [9.17, 15) is 9.90 Å². The number of hydrogen-bond acceptors (Lipinski definition) is 3. The van der Waals surface area contributed by atoms with Crippen molar-refractivity contribution in [3.63, 3.8) is 0 Å². The van der Waals surface area contributed by atoms with Crippen LogP contribution in [0.25, 0.3) is 10.9 Å². The van der Waals surface area contributed by atoms with Gasteiger partial charge in [0.15, 0.2) is 6.23 Å². The molecule has 5 heteroatoms. The van der Waals surface area contributed by atoms with Gasteiger partial charge >= 0.3 is 0 Å². The summed E-state index contributed by atoms with van der Waals surface area (Å²) >= 11 is 0. The summed E-state index contributed by atoms with van der Waals surface area (Å²) in [6.07, 6.45) is -0.759. The van der Waals surface area contributed by atoms with E-state index in [0.29, 0.717) is 5.69 Å². The molecule has 0 spiro atoms. The first-order valence-electron chi connectivity index (χ1n) is 5.09. The van der Waals surface area contributed by atoms with Crippen LogP contribution < -0.4 is 0 Å². The highest BCUT2D eigenvalue weighted by molar-refractivity contribution is 6.05. The van der Waals surface area contributed by atoms with Gasteiger partial charge in [-0.15, -0.1) is 0 Å². The van der Waals surface area contributed by atoms with E-state index >= 15 is 0 Å². The zero-order valence-corrected chi connectivity index (χ0v) is 8.79. The zero-order valence-electron chi connectivity index (χ0n) is 8.79. The van der Waals surface area contributed by atoms with Crippen LogP contribution in [0.4, 0.5) is 0 Å². The number of aromatic nitrogens is 2. The quantitative estimate of drug-likeness (QED) is 0.703. The van der Waals surface area contributed by atoms with Gasteiger partial charge in [-0.05, 0) is 6.07 Å². The molecule has 3 rings (SSSR count). The number of hydrogen-bond donors (Lipinski definition) is 1. The molecule has 1 N–H and O–H groups in total. The molecule has 1 amide bonds. The lowest BCUT2D eigenvalue weighted by molar-refractivity contribution is 0.0266. The van der Waals surface area contributed by atoms with Crippen molar-refractivity contribution in [1.29, 1.82) is 0 Å². The van der Waals surface area contributed by atoms with E-state index in [1.54, 1.807) is 7.05 Å². The molecule has 0 aliphatic carbocycles. The molecule has 0 saturated carbocycles. The van der Waals surface area contributed by atoms with Crippen LogP contribution in [-0.4, -0.2) is 39.3 Å². The number of aliphatic hydroxyl groups excluding tert-OH is 1. The van der Waals surface area contributed by atoms with Crippen LogP contribution in [0.1, 0.15) is 16.7 Å². The average Bonchev–Trinajstić information content (AvgIpc) is 2.66. The van der Waals surface area contributed by atoms with E-state index in [1.807, 2.05) is 24.3 Å². The minimum absolute atomic E-state index is 0.0981. The van der Waals surface area contributed by atoms with E-state index in [-0.39, 0.29) is 12.5 Å². The van der Waals surface area contributed by atoms with Crippen LogP contribution >= 0.6 is 0 Å². The standard InChI is InChI=1S/C11H11N3O2/c1-13-6-9(15)14-10(11(13)16)7-4-2-3-5-8(7)12-14/h2-5,9,15H,6H2,1H3. The summed E-state index contributed by atoms with van der Waals surface area (Å²) < 4.78 is 1.41. The number of benzene rings is 1. The van der Waals surface area contributed by atoms with Crippen molar-refractivity contribution >= 4 is 16.8 Å². The molecule has 16 heavy (non-hydrogen) atoms. The molecule has 1 aliphatic heterocycles. The molecule has 0 radical (unpaired) electrons. The maximum absolute atomic E-state index is 12.0. The first-order chi connectivity index (χ1) is 7.68. The SMILES string of the molecule is CN1CC(O)n2nc3ccccc3c2C1=O. The Labute approximate surface area is 91.9 Å². The van der Waals surface area contributed by atoms with Gasteiger partial charge in [0, 0.05) is 12.4 Å². The largest absolute Gasteiger partial charge is 0.370 e. The second-order valence-corrected chi connectivity index (χ2v) is 3.98. The number of aliphatic hydroxyl groups is 1. The van der Waals surface area contributed by atoms with Crippen molar-refractivity contribution < 1.29 is 9.90 Å². The predicted octanol–water partition coefficient (Wildman–Crippen LogP) is 0.613. The van der Waals surface area contributed by atoms with Crippen LogP contribution in [0.3, 0.4) is 0 Å². The van der Waals surface area contributed by atoms with Crippen LogP contribution in [0.15, 0.2) is 24.3 Å². The van der Waals surface area contributed by atoms with Crippen molar-refractivity contribution in [2.75, 3.05) is 13.6 Å². The fraction of sp³-hybridized carbons (Fsp3) is 0.273.